The Balaban J connectivity index is 1.79. The number of rotatable bonds is 3. The van der Waals surface area contributed by atoms with Gasteiger partial charge in [-0.05, 0) is 37.0 Å². The van der Waals surface area contributed by atoms with Crippen molar-refractivity contribution in [1.29, 1.82) is 0 Å². The second-order valence-corrected chi connectivity index (χ2v) is 6.66. The smallest absolute Gasteiger partial charge is 0.212 e. The molecule has 21 heavy (non-hydrogen) atoms. The summed E-state index contributed by atoms with van der Waals surface area (Å²) in [5.41, 5.74) is 7.76. The lowest BCUT2D eigenvalue weighted by Gasteiger charge is -2.04. The maximum atomic E-state index is 13.3. The third kappa shape index (κ3) is 2.23. The number of nitrogens with two attached hydrogens (primary N) is 1. The molecule has 1 aromatic carbocycles. The molecule has 1 unspecified atom stereocenters. The monoisotopic (exact) mass is 322 g/mol. The zero-order valence-corrected chi connectivity index (χ0v) is 12.5. The highest BCUT2D eigenvalue weighted by Gasteiger charge is 2.32. The first-order valence-corrected chi connectivity index (χ1v) is 7.88. The van der Waals surface area contributed by atoms with Gasteiger partial charge in [0.05, 0.1) is 23.0 Å². The van der Waals surface area contributed by atoms with Crippen molar-refractivity contribution >= 4 is 27.9 Å². The summed E-state index contributed by atoms with van der Waals surface area (Å²) >= 11 is 7.35. The number of benzene rings is 1. The first kappa shape index (κ1) is 13.2. The summed E-state index contributed by atoms with van der Waals surface area (Å²) in [6, 6.07) is 4.59. The van der Waals surface area contributed by atoms with Crippen LogP contribution in [-0.2, 0) is 0 Å². The van der Waals surface area contributed by atoms with Crippen LogP contribution in [0.4, 0.5) is 4.39 Å². The van der Waals surface area contributed by atoms with Crippen LogP contribution in [0.25, 0.3) is 16.2 Å². The standard InChI is InChI=1S/C14H12ClFN4S/c15-9-5-8(3-4-10(9)16)11-6-18-14-20(11)19-13(21-14)12(17)7-1-2-7/h3-7,12H,1-2,17H2. The van der Waals surface area contributed by atoms with E-state index in [1.165, 1.54) is 30.2 Å². The zero-order chi connectivity index (χ0) is 14.6. The highest BCUT2D eigenvalue weighted by molar-refractivity contribution is 7.16. The van der Waals surface area contributed by atoms with E-state index in [4.69, 9.17) is 17.3 Å². The van der Waals surface area contributed by atoms with E-state index in [9.17, 15) is 4.39 Å². The van der Waals surface area contributed by atoms with Crippen LogP contribution in [0.3, 0.4) is 0 Å². The summed E-state index contributed by atoms with van der Waals surface area (Å²) in [6.07, 6.45) is 4.06. The molecule has 108 valence electrons. The molecule has 2 N–H and O–H groups in total. The van der Waals surface area contributed by atoms with Gasteiger partial charge in [0.15, 0.2) is 0 Å². The fourth-order valence-corrected chi connectivity index (χ4v) is 3.50. The fourth-order valence-electron chi connectivity index (χ4n) is 2.35. The van der Waals surface area contributed by atoms with Crippen molar-refractivity contribution in [3.05, 3.63) is 40.2 Å². The van der Waals surface area contributed by atoms with Crippen LogP contribution >= 0.6 is 22.9 Å². The molecule has 0 spiro atoms. The number of fused-ring (bicyclic) bond motifs is 1. The fraction of sp³-hybridized carbons (Fsp3) is 0.286. The average Bonchev–Trinajstić information content (AvgIpc) is 3.11. The Hall–Kier alpha value is -1.50. The van der Waals surface area contributed by atoms with Crippen molar-refractivity contribution in [2.75, 3.05) is 0 Å². The maximum absolute atomic E-state index is 13.3. The van der Waals surface area contributed by atoms with Gasteiger partial charge in [-0.25, -0.2) is 13.9 Å². The van der Waals surface area contributed by atoms with E-state index in [-0.39, 0.29) is 11.1 Å². The van der Waals surface area contributed by atoms with E-state index in [0.717, 1.165) is 21.2 Å². The lowest BCUT2D eigenvalue weighted by molar-refractivity contribution is 0.618. The van der Waals surface area contributed by atoms with E-state index < -0.39 is 5.82 Å². The molecule has 1 fully saturated rings. The Kier molecular flexibility index (Phi) is 2.99. The normalized spacial score (nSPS) is 16.5. The molecule has 4 rings (SSSR count). The highest BCUT2D eigenvalue weighted by Crippen LogP contribution is 2.40. The summed E-state index contributed by atoms with van der Waals surface area (Å²) in [7, 11) is 0. The molecule has 1 saturated carbocycles. The van der Waals surface area contributed by atoms with Crippen LogP contribution in [0, 0.1) is 11.7 Å². The molecule has 0 amide bonds. The summed E-state index contributed by atoms with van der Waals surface area (Å²) in [5, 5.41) is 5.56. The molecular formula is C14H12ClFN4S. The number of hydrogen-bond donors (Lipinski definition) is 1. The zero-order valence-electron chi connectivity index (χ0n) is 11.0. The predicted molar refractivity (Wildman–Crippen MR) is 80.9 cm³/mol. The van der Waals surface area contributed by atoms with Gasteiger partial charge < -0.3 is 5.73 Å². The molecule has 0 radical (unpaired) electrons. The third-order valence-electron chi connectivity index (χ3n) is 3.73. The van der Waals surface area contributed by atoms with Crippen LogP contribution in [0.2, 0.25) is 5.02 Å². The summed E-state index contributed by atoms with van der Waals surface area (Å²) in [5.74, 6) is 0.112. The van der Waals surface area contributed by atoms with E-state index in [2.05, 4.69) is 10.1 Å². The first-order chi connectivity index (χ1) is 10.1. The van der Waals surface area contributed by atoms with Gasteiger partial charge in [0, 0.05) is 5.56 Å². The topological polar surface area (TPSA) is 56.2 Å². The van der Waals surface area contributed by atoms with Gasteiger partial charge in [-0.3, -0.25) is 0 Å². The van der Waals surface area contributed by atoms with Crippen LogP contribution in [0.5, 0.6) is 0 Å². The molecule has 7 heteroatoms. The number of imidazole rings is 1. The minimum atomic E-state index is -0.434. The second-order valence-electron chi connectivity index (χ2n) is 5.27. The van der Waals surface area contributed by atoms with Gasteiger partial charge in [-0.15, -0.1) is 0 Å². The SMILES string of the molecule is NC(c1nn2c(-c3ccc(F)c(Cl)c3)cnc2s1)C1CC1. The van der Waals surface area contributed by atoms with Crippen molar-refractivity contribution in [2.45, 2.75) is 18.9 Å². The molecule has 1 atom stereocenters. The number of nitrogens with zero attached hydrogens (tertiary/aromatic N) is 3. The predicted octanol–water partition coefficient (Wildman–Crippen LogP) is 3.66. The summed E-state index contributed by atoms with van der Waals surface area (Å²) in [6.45, 7) is 0. The Morgan fingerprint density at radius 3 is 2.95 bits per heavy atom. The molecule has 1 aliphatic rings. The molecule has 1 aliphatic carbocycles. The van der Waals surface area contributed by atoms with Gasteiger partial charge in [-0.2, -0.15) is 5.10 Å². The van der Waals surface area contributed by atoms with Crippen LogP contribution in [0.15, 0.2) is 24.4 Å². The lowest BCUT2D eigenvalue weighted by Crippen LogP contribution is -2.12. The lowest BCUT2D eigenvalue weighted by atomic mass is 10.2. The van der Waals surface area contributed by atoms with Crippen LogP contribution in [-0.4, -0.2) is 14.6 Å². The Morgan fingerprint density at radius 2 is 2.24 bits per heavy atom. The Morgan fingerprint density at radius 1 is 1.43 bits per heavy atom. The Labute approximate surface area is 129 Å². The molecule has 0 aliphatic heterocycles. The van der Waals surface area contributed by atoms with E-state index in [1.54, 1.807) is 22.8 Å². The van der Waals surface area contributed by atoms with E-state index in [1.807, 2.05) is 0 Å². The van der Waals surface area contributed by atoms with Crippen molar-refractivity contribution in [3.63, 3.8) is 0 Å². The average molecular weight is 323 g/mol. The van der Waals surface area contributed by atoms with E-state index in [0.29, 0.717) is 5.92 Å². The molecule has 3 aromatic rings. The number of hydrogen-bond acceptors (Lipinski definition) is 4. The molecule has 2 aromatic heterocycles. The third-order valence-corrected chi connectivity index (χ3v) is 5.04. The minimum Gasteiger partial charge on any atom is -0.322 e. The summed E-state index contributed by atoms with van der Waals surface area (Å²) < 4.78 is 15.0. The second kappa shape index (κ2) is 4.76. The minimum absolute atomic E-state index is 0.0126. The van der Waals surface area contributed by atoms with Crippen molar-refractivity contribution in [2.24, 2.45) is 11.7 Å². The summed E-state index contributed by atoms with van der Waals surface area (Å²) in [4.78, 5) is 5.14. The van der Waals surface area contributed by atoms with Gasteiger partial charge in [0.25, 0.3) is 0 Å². The molecule has 4 nitrogen and oxygen atoms in total. The first-order valence-electron chi connectivity index (χ1n) is 6.69. The van der Waals surface area contributed by atoms with Gasteiger partial charge >= 0.3 is 0 Å². The molecule has 2 heterocycles. The van der Waals surface area contributed by atoms with Crippen LogP contribution < -0.4 is 5.73 Å². The maximum Gasteiger partial charge on any atom is 0.212 e. The highest BCUT2D eigenvalue weighted by atomic mass is 35.5. The molecular weight excluding hydrogens is 311 g/mol. The van der Waals surface area contributed by atoms with Crippen molar-refractivity contribution < 1.29 is 4.39 Å². The largest absolute Gasteiger partial charge is 0.322 e. The van der Waals surface area contributed by atoms with Crippen molar-refractivity contribution in [3.8, 4) is 11.3 Å². The number of halogens is 2. The van der Waals surface area contributed by atoms with Gasteiger partial charge in [0.2, 0.25) is 4.96 Å². The van der Waals surface area contributed by atoms with E-state index >= 15 is 0 Å². The quantitative estimate of drug-likeness (QED) is 0.800. The Bertz CT molecular complexity index is 824. The molecule has 0 saturated heterocycles. The van der Waals surface area contributed by atoms with Gasteiger partial charge in [-0.1, -0.05) is 22.9 Å². The molecule has 0 bridgehead atoms. The van der Waals surface area contributed by atoms with Crippen LogP contribution in [0.1, 0.15) is 23.9 Å². The van der Waals surface area contributed by atoms with Crippen molar-refractivity contribution in [1.82, 2.24) is 14.6 Å². The number of aromatic nitrogens is 3. The van der Waals surface area contributed by atoms with Gasteiger partial charge in [0.1, 0.15) is 10.8 Å².